The monoisotopic (exact) mass is 356 g/mol. The Morgan fingerprint density at radius 1 is 1.16 bits per heavy atom. The van der Waals surface area contributed by atoms with Gasteiger partial charge in [-0.25, -0.2) is 4.79 Å². The van der Waals surface area contributed by atoms with Crippen molar-refractivity contribution in [3.63, 3.8) is 0 Å². The quantitative estimate of drug-likeness (QED) is 0.448. The molecule has 25 heavy (non-hydrogen) atoms. The SMILES string of the molecule is CCOC(=O)c1c(CSc2ccc(C)cc2)oc2ccc(OC)cc12. The van der Waals surface area contributed by atoms with Gasteiger partial charge in [0.15, 0.2) is 0 Å². The zero-order valence-corrected chi connectivity index (χ0v) is 15.3. The zero-order chi connectivity index (χ0) is 17.8. The van der Waals surface area contributed by atoms with Crippen molar-refractivity contribution in [1.29, 1.82) is 0 Å². The Kier molecular flexibility index (Phi) is 5.34. The average Bonchev–Trinajstić information content (AvgIpc) is 2.98. The largest absolute Gasteiger partial charge is 0.497 e. The number of furan rings is 1. The van der Waals surface area contributed by atoms with Crippen LogP contribution < -0.4 is 4.74 Å². The molecule has 0 amide bonds. The van der Waals surface area contributed by atoms with Gasteiger partial charge in [-0.05, 0) is 44.2 Å². The molecule has 1 heterocycles. The molecule has 0 saturated heterocycles. The van der Waals surface area contributed by atoms with Crippen molar-refractivity contribution in [3.05, 3.63) is 59.4 Å². The Morgan fingerprint density at radius 2 is 1.92 bits per heavy atom. The lowest BCUT2D eigenvalue weighted by Gasteiger charge is -2.04. The number of hydrogen-bond acceptors (Lipinski definition) is 5. The summed E-state index contributed by atoms with van der Waals surface area (Å²) in [4.78, 5) is 13.6. The number of esters is 1. The second-order valence-corrected chi connectivity index (χ2v) is 6.63. The minimum atomic E-state index is -0.367. The first-order valence-corrected chi connectivity index (χ1v) is 9.07. The smallest absolute Gasteiger partial charge is 0.342 e. The number of carbonyl (C=O) groups excluding carboxylic acids is 1. The van der Waals surface area contributed by atoms with Gasteiger partial charge in [-0.3, -0.25) is 0 Å². The number of ether oxygens (including phenoxy) is 2. The van der Waals surface area contributed by atoms with Gasteiger partial charge in [-0.15, -0.1) is 11.8 Å². The first-order valence-electron chi connectivity index (χ1n) is 8.08. The molecule has 0 unspecified atom stereocenters. The molecule has 0 aliphatic carbocycles. The van der Waals surface area contributed by atoms with Gasteiger partial charge >= 0.3 is 5.97 Å². The number of hydrogen-bond donors (Lipinski definition) is 0. The highest BCUT2D eigenvalue weighted by molar-refractivity contribution is 7.98. The molecule has 3 rings (SSSR count). The second-order valence-electron chi connectivity index (χ2n) is 5.58. The molecule has 0 fully saturated rings. The molecule has 0 aliphatic rings. The van der Waals surface area contributed by atoms with Crippen molar-refractivity contribution in [2.75, 3.05) is 13.7 Å². The summed E-state index contributed by atoms with van der Waals surface area (Å²) in [5.41, 5.74) is 2.35. The van der Waals surface area contributed by atoms with Crippen LogP contribution in [0.5, 0.6) is 5.75 Å². The van der Waals surface area contributed by atoms with E-state index in [1.54, 1.807) is 25.8 Å². The number of aryl methyl sites for hydroxylation is 1. The van der Waals surface area contributed by atoms with Crippen LogP contribution >= 0.6 is 11.8 Å². The molecule has 0 aliphatic heterocycles. The van der Waals surface area contributed by atoms with E-state index in [1.165, 1.54) is 5.56 Å². The fourth-order valence-corrected chi connectivity index (χ4v) is 3.40. The van der Waals surface area contributed by atoms with E-state index in [1.807, 2.05) is 18.2 Å². The van der Waals surface area contributed by atoms with Crippen LogP contribution in [0.1, 0.15) is 28.6 Å². The standard InChI is InChI=1S/C20H20O4S/c1-4-23-20(21)19-16-11-14(22-3)7-10-17(16)24-18(19)12-25-15-8-5-13(2)6-9-15/h5-11H,4,12H2,1-3H3. The average molecular weight is 356 g/mol. The molecule has 0 spiro atoms. The lowest BCUT2D eigenvalue weighted by Crippen LogP contribution is -2.06. The van der Waals surface area contributed by atoms with Crippen molar-refractivity contribution in [3.8, 4) is 5.75 Å². The van der Waals surface area contributed by atoms with E-state index in [-0.39, 0.29) is 5.97 Å². The van der Waals surface area contributed by atoms with Crippen LogP contribution in [0.15, 0.2) is 51.8 Å². The maximum atomic E-state index is 12.5. The molecule has 0 atom stereocenters. The number of carbonyl (C=O) groups is 1. The summed E-state index contributed by atoms with van der Waals surface area (Å²) in [6.45, 7) is 4.17. The molecule has 4 nitrogen and oxygen atoms in total. The number of fused-ring (bicyclic) bond motifs is 1. The van der Waals surface area contributed by atoms with Gasteiger partial charge < -0.3 is 13.9 Å². The van der Waals surface area contributed by atoms with Gasteiger partial charge in [0.25, 0.3) is 0 Å². The van der Waals surface area contributed by atoms with Gasteiger partial charge in [0.2, 0.25) is 0 Å². The zero-order valence-electron chi connectivity index (χ0n) is 14.5. The summed E-state index contributed by atoms with van der Waals surface area (Å²) in [6.07, 6.45) is 0. The van der Waals surface area contributed by atoms with E-state index in [9.17, 15) is 4.79 Å². The van der Waals surface area contributed by atoms with E-state index >= 15 is 0 Å². The van der Waals surface area contributed by atoms with Crippen LogP contribution in [0.4, 0.5) is 0 Å². The Balaban J connectivity index is 1.96. The van der Waals surface area contributed by atoms with Crippen molar-refractivity contribution < 1.29 is 18.7 Å². The molecular weight excluding hydrogens is 336 g/mol. The van der Waals surface area contributed by atoms with Crippen molar-refractivity contribution in [2.45, 2.75) is 24.5 Å². The number of benzene rings is 2. The fraction of sp³-hybridized carbons (Fsp3) is 0.250. The summed E-state index contributed by atoms with van der Waals surface area (Å²) < 4.78 is 16.4. The normalized spacial score (nSPS) is 10.8. The van der Waals surface area contributed by atoms with E-state index in [0.29, 0.717) is 35.0 Å². The highest BCUT2D eigenvalue weighted by Gasteiger charge is 2.22. The molecular formula is C20H20O4S. The van der Waals surface area contributed by atoms with Crippen LogP contribution in [0.25, 0.3) is 11.0 Å². The van der Waals surface area contributed by atoms with Gasteiger partial charge in [0.1, 0.15) is 22.7 Å². The fourth-order valence-electron chi connectivity index (χ4n) is 2.57. The molecule has 0 radical (unpaired) electrons. The Labute approximate surface area is 151 Å². The topological polar surface area (TPSA) is 48.7 Å². The molecule has 1 aromatic heterocycles. The molecule has 3 aromatic rings. The predicted molar refractivity (Wildman–Crippen MR) is 99.5 cm³/mol. The molecule has 130 valence electrons. The van der Waals surface area contributed by atoms with Crippen LogP contribution in [0, 0.1) is 6.92 Å². The van der Waals surface area contributed by atoms with E-state index < -0.39 is 0 Å². The lowest BCUT2D eigenvalue weighted by atomic mass is 10.1. The van der Waals surface area contributed by atoms with Crippen molar-refractivity contribution in [1.82, 2.24) is 0 Å². The van der Waals surface area contributed by atoms with Crippen molar-refractivity contribution in [2.24, 2.45) is 0 Å². The van der Waals surface area contributed by atoms with E-state index in [4.69, 9.17) is 13.9 Å². The summed E-state index contributed by atoms with van der Waals surface area (Å²) in [7, 11) is 1.60. The molecule has 0 N–H and O–H groups in total. The third-order valence-corrected chi connectivity index (χ3v) is 4.85. The first-order chi connectivity index (χ1) is 12.1. The number of rotatable bonds is 6. The maximum absolute atomic E-state index is 12.5. The second kappa shape index (κ2) is 7.66. The van der Waals surface area contributed by atoms with Gasteiger partial charge in [0, 0.05) is 10.3 Å². The van der Waals surface area contributed by atoms with Gasteiger partial charge in [-0.2, -0.15) is 0 Å². The van der Waals surface area contributed by atoms with Crippen LogP contribution in [0.3, 0.4) is 0 Å². The molecule has 5 heteroatoms. The summed E-state index contributed by atoms with van der Waals surface area (Å²) in [5.74, 6) is 1.48. The minimum Gasteiger partial charge on any atom is -0.497 e. The number of methoxy groups -OCH3 is 1. The molecule has 0 saturated carbocycles. The van der Waals surface area contributed by atoms with Crippen molar-refractivity contribution >= 4 is 28.7 Å². The predicted octanol–water partition coefficient (Wildman–Crippen LogP) is 5.22. The van der Waals surface area contributed by atoms with E-state index in [2.05, 4.69) is 31.2 Å². The maximum Gasteiger partial charge on any atom is 0.342 e. The highest BCUT2D eigenvalue weighted by atomic mass is 32.2. The molecule has 0 bridgehead atoms. The Morgan fingerprint density at radius 3 is 2.60 bits per heavy atom. The number of thioether (sulfide) groups is 1. The first kappa shape index (κ1) is 17.4. The summed E-state index contributed by atoms with van der Waals surface area (Å²) in [6, 6.07) is 13.7. The Bertz CT molecular complexity index is 881. The van der Waals surface area contributed by atoms with Gasteiger partial charge in [-0.1, -0.05) is 17.7 Å². The van der Waals surface area contributed by atoms with Crippen LogP contribution in [-0.2, 0) is 10.5 Å². The van der Waals surface area contributed by atoms with Crippen LogP contribution in [-0.4, -0.2) is 19.7 Å². The van der Waals surface area contributed by atoms with E-state index in [0.717, 1.165) is 10.3 Å². The lowest BCUT2D eigenvalue weighted by molar-refractivity contribution is 0.0526. The summed E-state index contributed by atoms with van der Waals surface area (Å²) in [5, 5.41) is 0.720. The molecule has 2 aromatic carbocycles. The third kappa shape index (κ3) is 3.82. The highest BCUT2D eigenvalue weighted by Crippen LogP contribution is 2.33. The summed E-state index contributed by atoms with van der Waals surface area (Å²) >= 11 is 1.62. The minimum absolute atomic E-state index is 0.319. The third-order valence-electron chi connectivity index (χ3n) is 3.84. The van der Waals surface area contributed by atoms with Gasteiger partial charge in [0.05, 0.1) is 19.5 Å². The van der Waals surface area contributed by atoms with Crippen LogP contribution in [0.2, 0.25) is 0 Å². The Hall–Kier alpha value is -2.40.